The summed E-state index contributed by atoms with van der Waals surface area (Å²) in [6.07, 6.45) is -4.66. The smallest absolute Gasteiger partial charge is 0.406 e. The van der Waals surface area contributed by atoms with Gasteiger partial charge in [-0.1, -0.05) is 36.4 Å². The zero-order valence-electron chi connectivity index (χ0n) is 9.75. The third-order valence-corrected chi connectivity index (χ3v) is 2.84. The predicted octanol–water partition coefficient (Wildman–Crippen LogP) is 4.99. The molecule has 0 spiro atoms. The zero-order chi connectivity index (χ0) is 13.9. The minimum absolute atomic E-state index is 0.228. The van der Waals surface area contributed by atoms with Gasteiger partial charge in [0.2, 0.25) is 0 Å². The Morgan fingerprint density at radius 1 is 0.842 bits per heavy atom. The normalized spacial score (nSPS) is 11.4. The van der Waals surface area contributed by atoms with E-state index in [0.717, 1.165) is 16.7 Å². The van der Waals surface area contributed by atoms with Crippen molar-refractivity contribution in [2.75, 3.05) is 0 Å². The lowest BCUT2D eigenvalue weighted by atomic mass is 10.0. The van der Waals surface area contributed by atoms with Gasteiger partial charge in [-0.05, 0) is 28.8 Å². The van der Waals surface area contributed by atoms with Gasteiger partial charge in [-0.15, -0.1) is 24.8 Å². The van der Waals surface area contributed by atoms with Gasteiger partial charge < -0.3 is 4.74 Å². The van der Waals surface area contributed by atoms with Gasteiger partial charge in [0.25, 0.3) is 0 Å². The molecule has 0 fully saturated rings. The molecule has 0 heterocycles. The minimum atomic E-state index is -4.66. The highest BCUT2D eigenvalue weighted by atomic mass is 35.5. The molecular weight excluding hydrogens is 277 g/mol. The average molecular weight is 287 g/mol. The van der Waals surface area contributed by atoms with Gasteiger partial charge in [0.1, 0.15) is 5.75 Å². The van der Waals surface area contributed by atoms with Crippen LogP contribution in [0.1, 0.15) is 5.56 Å². The Morgan fingerprint density at radius 2 is 1.32 bits per heavy atom. The first-order chi connectivity index (χ1) is 8.98. The van der Waals surface area contributed by atoms with E-state index in [4.69, 9.17) is 11.6 Å². The van der Waals surface area contributed by atoms with E-state index in [0.29, 0.717) is 5.88 Å². The molecule has 0 unspecified atom stereocenters. The second-order valence-corrected chi connectivity index (χ2v) is 4.17. The van der Waals surface area contributed by atoms with E-state index < -0.39 is 6.36 Å². The summed E-state index contributed by atoms with van der Waals surface area (Å²) in [6, 6.07) is 13.2. The summed E-state index contributed by atoms with van der Waals surface area (Å²) in [5.74, 6) is 0.201. The molecule has 0 radical (unpaired) electrons. The summed E-state index contributed by atoms with van der Waals surface area (Å²) in [6.45, 7) is 0. The Hall–Kier alpha value is -1.68. The fraction of sp³-hybridized carbons (Fsp3) is 0.143. The molecule has 0 aliphatic rings. The van der Waals surface area contributed by atoms with Gasteiger partial charge >= 0.3 is 6.36 Å². The Balaban J connectivity index is 2.17. The number of hydrogen-bond acceptors (Lipinski definition) is 1. The van der Waals surface area contributed by atoms with Crippen molar-refractivity contribution in [3.05, 3.63) is 54.1 Å². The van der Waals surface area contributed by atoms with Crippen LogP contribution in [-0.2, 0) is 5.88 Å². The molecule has 2 rings (SSSR count). The number of halogens is 4. The molecule has 0 aliphatic carbocycles. The summed E-state index contributed by atoms with van der Waals surface area (Å²) >= 11 is 5.68. The van der Waals surface area contributed by atoms with Crippen LogP contribution in [0.3, 0.4) is 0 Å². The average Bonchev–Trinajstić information content (AvgIpc) is 2.38. The maximum Gasteiger partial charge on any atom is 0.573 e. The van der Waals surface area contributed by atoms with Crippen LogP contribution in [0.25, 0.3) is 11.1 Å². The highest BCUT2D eigenvalue weighted by Crippen LogP contribution is 2.26. The second-order valence-electron chi connectivity index (χ2n) is 3.90. The van der Waals surface area contributed by atoms with Crippen LogP contribution < -0.4 is 4.74 Å². The number of ether oxygens (including phenoxy) is 1. The molecule has 0 aliphatic heterocycles. The molecule has 0 saturated heterocycles. The Labute approximate surface area is 113 Å². The highest BCUT2D eigenvalue weighted by molar-refractivity contribution is 6.17. The van der Waals surface area contributed by atoms with Gasteiger partial charge in [-0.25, -0.2) is 0 Å². The molecular formula is C14H10ClF3O. The molecule has 0 aromatic heterocycles. The van der Waals surface area contributed by atoms with Crippen LogP contribution >= 0.6 is 11.6 Å². The van der Waals surface area contributed by atoms with Crippen molar-refractivity contribution in [3.8, 4) is 16.9 Å². The third-order valence-electron chi connectivity index (χ3n) is 2.53. The number of hydrogen-bond donors (Lipinski definition) is 0. The van der Waals surface area contributed by atoms with Crippen molar-refractivity contribution in [3.63, 3.8) is 0 Å². The van der Waals surface area contributed by atoms with E-state index in [1.54, 1.807) is 12.1 Å². The van der Waals surface area contributed by atoms with E-state index in [1.165, 1.54) is 12.1 Å². The summed E-state index contributed by atoms with van der Waals surface area (Å²) in [5, 5.41) is 0. The SMILES string of the molecule is FC(F)(F)Oc1ccc(-c2ccc(CCl)cc2)cc1. The lowest BCUT2D eigenvalue weighted by molar-refractivity contribution is -0.274. The fourth-order valence-electron chi connectivity index (χ4n) is 1.64. The largest absolute Gasteiger partial charge is 0.573 e. The zero-order valence-corrected chi connectivity index (χ0v) is 10.5. The number of rotatable bonds is 3. The fourth-order valence-corrected chi connectivity index (χ4v) is 1.81. The maximum atomic E-state index is 12.0. The topological polar surface area (TPSA) is 9.23 Å². The molecule has 0 saturated carbocycles. The molecule has 5 heteroatoms. The van der Waals surface area contributed by atoms with Crippen LogP contribution in [0.4, 0.5) is 13.2 Å². The van der Waals surface area contributed by atoms with Gasteiger partial charge in [-0.3, -0.25) is 0 Å². The summed E-state index contributed by atoms with van der Waals surface area (Å²) in [7, 11) is 0. The summed E-state index contributed by atoms with van der Waals surface area (Å²) in [4.78, 5) is 0. The monoisotopic (exact) mass is 286 g/mol. The van der Waals surface area contributed by atoms with Crippen molar-refractivity contribution in [2.24, 2.45) is 0 Å². The van der Waals surface area contributed by atoms with Gasteiger partial charge in [0.15, 0.2) is 0 Å². The minimum Gasteiger partial charge on any atom is -0.406 e. The Morgan fingerprint density at radius 3 is 1.74 bits per heavy atom. The molecule has 0 N–H and O–H groups in total. The van der Waals surface area contributed by atoms with Crippen LogP contribution in [0.15, 0.2) is 48.5 Å². The quantitative estimate of drug-likeness (QED) is 0.722. The summed E-state index contributed by atoms with van der Waals surface area (Å²) < 4.78 is 39.9. The van der Waals surface area contributed by atoms with E-state index in [1.807, 2.05) is 24.3 Å². The van der Waals surface area contributed by atoms with Crippen LogP contribution in [0.5, 0.6) is 5.75 Å². The van der Waals surface area contributed by atoms with E-state index >= 15 is 0 Å². The van der Waals surface area contributed by atoms with Crippen LogP contribution in [0, 0.1) is 0 Å². The maximum absolute atomic E-state index is 12.0. The van der Waals surface area contributed by atoms with E-state index in [9.17, 15) is 13.2 Å². The van der Waals surface area contributed by atoms with E-state index in [2.05, 4.69) is 4.74 Å². The Bertz CT molecular complexity index is 532. The van der Waals surface area contributed by atoms with Gasteiger partial charge in [0.05, 0.1) is 0 Å². The lowest BCUT2D eigenvalue weighted by Gasteiger charge is -2.09. The summed E-state index contributed by atoms with van der Waals surface area (Å²) in [5.41, 5.74) is 2.71. The predicted molar refractivity (Wildman–Crippen MR) is 68.1 cm³/mol. The van der Waals surface area contributed by atoms with Crippen LogP contribution in [-0.4, -0.2) is 6.36 Å². The molecule has 0 atom stereocenters. The standard InChI is InChI=1S/C14H10ClF3O/c15-9-10-1-3-11(4-2-10)12-5-7-13(8-6-12)19-14(16,17)18/h1-8H,9H2. The molecule has 1 nitrogen and oxygen atoms in total. The molecule has 19 heavy (non-hydrogen) atoms. The first-order valence-corrected chi connectivity index (χ1v) is 6.02. The first kappa shape index (κ1) is 13.7. The van der Waals surface area contributed by atoms with Crippen molar-refractivity contribution >= 4 is 11.6 Å². The Kier molecular flexibility index (Phi) is 4.00. The van der Waals surface area contributed by atoms with E-state index in [-0.39, 0.29) is 5.75 Å². The molecule has 0 bridgehead atoms. The lowest BCUT2D eigenvalue weighted by Crippen LogP contribution is -2.16. The van der Waals surface area contributed by atoms with Crippen molar-refractivity contribution in [1.82, 2.24) is 0 Å². The molecule has 2 aromatic carbocycles. The molecule has 2 aromatic rings. The number of benzene rings is 2. The first-order valence-electron chi connectivity index (χ1n) is 5.49. The molecule has 0 amide bonds. The number of alkyl halides is 4. The van der Waals surface area contributed by atoms with Crippen molar-refractivity contribution in [1.29, 1.82) is 0 Å². The van der Waals surface area contributed by atoms with Gasteiger partial charge in [0, 0.05) is 5.88 Å². The molecule has 100 valence electrons. The van der Waals surface area contributed by atoms with Crippen LogP contribution in [0.2, 0.25) is 0 Å². The third kappa shape index (κ3) is 3.89. The second kappa shape index (κ2) is 5.53. The van der Waals surface area contributed by atoms with Crippen molar-refractivity contribution in [2.45, 2.75) is 12.2 Å². The highest BCUT2D eigenvalue weighted by Gasteiger charge is 2.30. The van der Waals surface area contributed by atoms with Crippen molar-refractivity contribution < 1.29 is 17.9 Å². The van der Waals surface area contributed by atoms with Gasteiger partial charge in [-0.2, -0.15) is 0 Å².